The van der Waals surface area contributed by atoms with Crippen molar-refractivity contribution >= 4 is 0 Å². The van der Waals surface area contributed by atoms with E-state index in [4.69, 9.17) is 0 Å². The van der Waals surface area contributed by atoms with E-state index < -0.39 is 0 Å². The monoisotopic (exact) mass is 223 g/mol. The van der Waals surface area contributed by atoms with Gasteiger partial charge in [-0.1, -0.05) is 39.5 Å². The van der Waals surface area contributed by atoms with E-state index in [-0.39, 0.29) is 0 Å². The minimum absolute atomic E-state index is 0.663. The average Bonchev–Trinajstić information content (AvgIpc) is 2.84. The summed E-state index contributed by atoms with van der Waals surface area (Å²) >= 11 is 0. The first-order valence-corrected chi connectivity index (χ1v) is 7.44. The van der Waals surface area contributed by atoms with Crippen molar-refractivity contribution in [1.82, 2.24) is 5.32 Å². The Balaban J connectivity index is 1.81. The Hall–Kier alpha value is -0.0400. The lowest BCUT2D eigenvalue weighted by molar-refractivity contribution is 0.215. The van der Waals surface area contributed by atoms with Crippen LogP contribution in [0.3, 0.4) is 0 Å². The standard InChI is InChI=1S/C15H29N/c1-13(2)11-15(9-5-6-10-15)12-16-14-7-3-4-8-14/h13-14,16H,3-12H2,1-2H3. The fourth-order valence-electron chi connectivity index (χ4n) is 3.93. The van der Waals surface area contributed by atoms with Crippen molar-refractivity contribution in [2.24, 2.45) is 11.3 Å². The summed E-state index contributed by atoms with van der Waals surface area (Å²) in [7, 11) is 0. The zero-order valence-electron chi connectivity index (χ0n) is 11.2. The first-order valence-electron chi connectivity index (χ1n) is 7.44. The molecule has 0 aromatic rings. The number of hydrogen-bond acceptors (Lipinski definition) is 1. The van der Waals surface area contributed by atoms with E-state index in [1.807, 2.05) is 0 Å². The summed E-state index contributed by atoms with van der Waals surface area (Å²) in [4.78, 5) is 0. The highest BCUT2D eigenvalue weighted by Gasteiger charge is 2.34. The van der Waals surface area contributed by atoms with Crippen LogP contribution in [0.25, 0.3) is 0 Å². The van der Waals surface area contributed by atoms with Gasteiger partial charge in [0.15, 0.2) is 0 Å². The number of nitrogens with one attached hydrogen (secondary N) is 1. The lowest BCUT2D eigenvalue weighted by Gasteiger charge is -2.32. The Bertz CT molecular complexity index is 197. The van der Waals surface area contributed by atoms with E-state index in [1.165, 1.54) is 64.3 Å². The molecule has 0 atom stereocenters. The third-order valence-corrected chi connectivity index (χ3v) is 4.63. The molecular weight excluding hydrogens is 194 g/mol. The Morgan fingerprint density at radius 1 is 1.06 bits per heavy atom. The van der Waals surface area contributed by atoms with Gasteiger partial charge in [0.2, 0.25) is 0 Å². The summed E-state index contributed by atoms with van der Waals surface area (Å²) < 4.78 is 0. The zero-order valence-corrected chi connectivity index (χ0v) is 11.2. The molecule has 0 unspecified atom stereocenters. The Labute approximate surface area is 101 Å². The van der Waals surface area contributed by atoms with Gasteiger partial charge in [-0.25, -0.2) is 0 Å². The molecule has 0 amide bonds. The summed E-state index contributed by atoms with van der Waals surface area (Å²) in [5, 5.41) is 3.87. The molecule has 1 nitrogen and oxygen atoms in total. The minimum Gasteiger partial charge on any atom is -0.313 e. The van der Waals surface area contributed by atoms with Crippen LogP contribution in [0, 0.1) is 11.3 Å². The van der Waals surface area contributed by atoms with Gasteiger partial charge in [-0.05, 0) is 43.4 Å². The Kier molecular flexibility index (Phi) is 4.29. The van der Waals surface area contributed by atoms with Crippen molar-refractivity contribution in [2.75, 3.05) is 6.54 Å². The Morgan fingerprint density at radius 3 is 2.25 bits per heavy atom. The topological polar surface area (TPSA) is 12.0 Å². The molecule has 2 fully saturated rings. The number of rotatable bonds is 5. The van der Waals surface area contributed by atoms with Crippen LogP contribution < -0.4 is 5.32 Å². The maximum atomic E-state index is 3.87. The van der Waals surface area contributed by atoms with Crippen molar-refractivity contribution in [1.29, 1.82) is 0 Å². The fraction of sp³-hybridized carbons (Fsp3) is 1.00. The smallest absolute Gasteiger partial charge is 0.00672 e. The first kappa shape index (κ1) is 12.4. The maximum absolute atomic E-state index is 3.87. The average molecular weight is 223 g/mol. The maximum Gasteiger partial charge on any atom is 0.00672 e. The molecule has 2 rings (SSSR count). The van der Waals surface area contributed by atoms with Crippen LogP contribution in [-0.4, -0.2) is 12.6 Å². The van der Waals surface area contributed by atoms with E-state index in [0.717, 1.165) is 12.0 Å². The third-order valence-electron chi connectivity index (χ3n) is 4.63. The van der Waals surface area contributed by atoms with Gasteiger partial charge in [-0.3, -0.25) is 0 Å². The largest absolute Gasteiger partial charge is 0.313 e. The molecule has 0 aliphatic heterocycles. The van der Waals surface area contributed by atoms with Gasteiger partial charge in [0.05, 0.1) is 0 Å². The summed E-state index contributed by atoms with van der Waals surface area (Å²) in [6.07, 6.45) is 13.1. The molecule has 0 spiro atoms. The molecule has 0 aromatic heterocycles. The van der Waals surface area contributed by atoms with Gasteiger partial charge in [0.1, 0.15) is 0 Å². The van der Waals surface area contributed by atoms with Crippen molar-refractivity contribution in [3.63, 3.8) is 0 Å². The second kappa shape index (κ2) is 5.53. The van der Waals surface area contributed by atoms with Crippen molar-refractivity contribution in [3.05, 3.63) is 0 Å². The molecular formula is C15H29N. The molecule has 0 bridgehead atoms. The van der Waals surface area contributed by atoms with Crippen LogP contribution in [-0.2, 0) is 0 Å². The van der Waals surface area contributed by atoms with Crippen LogP contribution in [0.1, 0.15) is 71.6 Å². The molecule has 0 radical (unpaired) electrons. The lowest BCUT2D eigenvalue weighted by Crippen LogP contribution is -2.38. The van der Waals surface area contributed by atoms with E-state index in [9.17, 15) is 0 Å². The molecule has 2 aliphatic rings. The van der Waals surface area contributed by atoms with Crippen molar-refractivity contribution < 1.29 is 0 Å². The highest BCUT2D eigenvalue weighted by molar-refractivity contribution is 4.89. The molecule has 94 valence electrons. The normalized spacial score (nSPS) is 25.7. The molecule has 2 aliphatic carbocycles. The van der Waals surface area contributed by atoms with E-state index in [1.54, 1.807) is 0 Å². The van der Waals surface area contributed by atoms with Gasteiger partial charge in [0.25, 0.3) is 0 Å². The highest BCUT2D eigenvalue weighted by Crippen LogP contribution is 2.42. The molecule has 2 saturated carbocycles. The van der Waals surface area contributed by atoms with Gasteiger partial charge in [0, 0.05) is 12.6 Å². The molecule has 16 heavy (non-hydrogen) atoms. The van der Waals surface area contributed by atoms with Gasteiger partial charge in [-0.15, -0.1) is 0 Å². The van der Waals surface area contributed by atoms with Crippen molar-refractivity contribution in [2.45, 2.75) is 77.7 Å². The minimum atomic E-state index is 0.663. The Morgan fingerprint density at radius 2 is 1.69 bits per heavy atom. The molecule has 0 heterocycles. The third kappa shape index (κ3) is 3.23. The first-order chi connectivity index (χ1) is 7.70. The van der Waals surface area contributed by atoms with E-state index in [0.29, 0.717) is 5.41 Å². The van der Waals surface area contributed by atoms with Gasteiger partial charge < -0.3 is 5.32 Å². The summed E-state index contributed by atoms with van der Waals surface area (Å²) in [6, 6.07) is 0.852. The summed E-state index contributed by atoms with van der Waals surface area (Å²) in [5.41, 5.74) is 0.663. The predicted octanol–water partition coefficient (Wildman–Crippen LogP) is 4.13. The van der Waals surface area contributed by atoms with Gasteiger partial charge in [-0.2, -0.15) is 0 Å². The predicted molar refractivity (Wildman–Crippen MR) is 70.6 cm³/mol. The zero-order chi connectivity index (χ0) is 11.4. The van der Waals surface area contributed by atoms with Crippen LogP contribution in [0.15, 0.2) is 0 Å². The second-order valence-corrected chi connectivity index (χ2v) is 6.67. The van der Waals surface area contributed by atoms with Crippen LogP contribution in [0.5, 0.6) is 0 Å². The lowest BCUT2D eigenvalue weighted by atomic mass is 9.78. The summed E-state index contributed by atoms with van der Waals surface area (Å²) in [6.45, 7) is 6.07. The quantitative estimate of drug-likeness (QED) is 0.739. The number of hydrogen-bond donors (Lipinski definition) is 1. The SMILES string of the molecule is CC(C)CC1(CNC2CCCC2)CCCC1. The van der Waals surface area contributed by atoms with Gasteiger partial charge >= 0.3 is 0 Å². The molecule has 1 N–H and O–H groups in total. The fourth-order valence-corrected chi connectivity index (χ4v) is 3.93. The highest BCUT2D eigenvalue weighted by atomic mass is 14.9. The van der Waals surface area contributed by atoms with Crippen molar-refractivity contribution in [3.8, 4) is 0 Å². The van der Waals surface area contributed by atoms with E-state index >= 15 is 0 Å². The van der Waals surface area contributed by atoms with E-state index in [2.05, 4.69) is 19.2 Å². The van der Waals surface area contributed by atoms with Crippen LogP contribution in [0.2, 0.25) is 0 Å². The molecule has 0 saturated heterocycles. The van der Waals surface area contributed by atoms with Crippen LogP contribution in [0.4, 0.5) is 0 Å². The summed E-state index contributed by atoms with van der Waals surface area (Å²) in [5.74, 6) is 0.864. The second-order valence-electron chi connectivity index (χ2n) is 6.67. The van der Waals surface area contributed by atoms with Crippen LogP contribution >= 0.6 is 0 Å². The molecule has 1 heteroatoms. The molecule has 0 aromatic carbocycles.